The van der Waals surface area contributed by atoms with Crippen LogP contribution in [0.5, 0.6) is 0 Å². The summed E-state index contributed by atoms with van der Waals surface area (Å²) in [6.07, 6.45) is 0. The molecule has 10 aromatic carbocycles. The monoisotopic (exact) mass is 792 g/mol. The van der Waals surface area contributed by atoms with Crippen LogP contribution in [0.25, 0.3) is 130 Å². The average Bonchev–Trinajstić information content (AvgIpc) is 3.98. The van der Waals surface area contributed by atoms with E-state index in [9.17, 15) is 0 Å². The molecule has 5 heteroatoms. The molecule has 4 nitrogen and oxygen atoms in total. The van der Waals surface area contributed by atoms with Crippen molar-refractivity contribution >= 4 is 118 Å². The molecular weight excluding hydrogens is 761 g/mol. The van der Waals surface area contributed by atoms with Crippen molar-refractivity contribution in [3.8, 4) is 22.9 Å². The van der Waals surface area contributed by atoms with Crippen molar-refractivity contribution in [1.29, 1.82) is 0 Å². The van der Waals surface area contributed by atoms with Crippen LogP contribution in [0.1, 0.15) is 0 Å². The SMILES string of the molecule is c1ccc(-n2c3ccccc3c3cc(-c4nc(-n5c6ccccc6c6cc7c(ccc8sc9ccccc9c87)cc65)nc5c6ccccc6c6ccccc6c45)ccc32)cc1. The van der Waals surface area contributed by atoms with Gasteiger partial charge in [0, 0.05) is 63.7 Å². The van der Waals surface area contributed by atoms with E-state index in [1.807, 2.05) is 11.3 Å². The number of hydrogen-bond acceptors (Lipinski definition) is 3. The number of rotatable bonds is 3. The van der Waals surface area contributed by atoms with Crippen LogP contribution in [-0.4, -0.2) is 19.1 Å². The molecule has 0 aliphatic rings. The Hall–Kier alpha value is -7.86. The van der Waals surface area contributed by atoms with E-state index in [1.165, 1.54) is 68.8 Å². The summed E-state index contributed by atoms with van der Waals surface area (Å²) in [5, 5.41) is 15.6. The minimum absolute atomic E-state index is 0.655. The fraction of sp³-hybridized carbons (Fsp3) is 0. The second-order valence-corrected chi connectivity index (χ2v) is 17.2. The zero-order chi connectivity index (χ0) is 39.8. The van der Waals surface area contributed by atoms with Gasteiger partial charge in [-0.3, -0.25) is 4.57 Å². The normalized spacial score (nSPS) is 12.3. The van der Waals surface area contributed by atoms with Crippen molar-refractivity contribution in [3.05, 3.63) is 194 Å². The Bertz CT molecular complexity index is 4170. The summed E-state index contributed by atoms with van der Waals surface area (Å²) in [6, 6.07) is 70.5. The predicted molar refractivity (Wildman–Crippen MR) is 259 cm³/mol. The Morgan fingerprint density at radius 3 is 1.74 bits per heavy atom. The smallest absolute Gasteiger partial charge is 0.235 e. The molecule has 4 aromatic heterocycles. The molecule has 0 bridgehead atoms. The topological polar surface area (TPSA) is 35.6 Å². The maximum absolute atomic E-state index is 5.73. The highest BCUT2D eigenvalue weighted by Crippen LogP contribution is 2.44. The van der Waals surface area contributed by atoms with Crippen LogP contribution in [0.3, 0.4) is 0 Å². The van der Waals surface area contributed by atoms with Crippen LogP contribution in [0.15, 0.2) is 194 Å². The van der Waals surface area contributed by atoms with Crippen LogP contribution >= 0.6 is 11.3 Å². The first-order chi connectivity index (χ1) is 30.3. The largest absolute Gasteiger partial charge is 0.309 e. The Morgan fingerprint density at radius 1 is 0.344 bits per heavy atom. The van der Waals surface area contributed by atoms with Crippen LogP contribution in [-0.2, 0) is 0 Å². The summed E-state index contributed by atoms with van der Waals surface area (Å²) >= 11 is 1.86. The summed E-state index contributed by atoms with van der Waals surface area (Å²) < 4.78 is 7.29. The molecule has 0 atom stereocenters. The van der Waals surface area contributed by atoms with Gasteiger partial charge in [0.2, 0.25) is 5.95 Å². The number of benzene rings is 10. The molecule has 0 aliphatic carbocycles. The average molecular weight is 793 g/mol. The van der Waals surface area contributed by atoms with E-state index in [1.54, 1.807) is 0 Å². The number of fused-ring (bicyclic) bond motifs is 17. The highest BCUT2D eigenvalue weighted by Gasteiger charge is 2.23. The molecule has 61 heavy (non-hydrogen) atoms. The van der Waals surface area contributed by atoms with E-state index in [2.05, 4.69) is 203 Å². The molecule has 14 rings (SSSR count). The van der Waals surface area contributed by atoms with Gasteiger partial charge in [-0.1, -0.05) is 133 Å². The zero-order valence-corrected chi connectivity index (χ0v) is 33.5. The van der Waals surface area contributed by atoms with Gasteiger partial charge in [-0.2, -0.15) is 0 Å². The van der Waals surface area contributed by atoms with Gasteiger partial charge in [-0.15, -0.1) is 11.3 Å². The van der Waals surface area contributed by atoms with E-state index in [0.29, 0.717) is 5.95 Å². The van der Waals surface area contributed by atoms with Gasteiger partial charge in [0.15, 0.2) is 0 Å². The first kappa shape index (κ1) is 33.0. The lowest BCUT2D eigenvalue weighted by molar-refractivity contribution is 1.02. The second-order valence-electron chi connectivity index (χ2n) is 16.1. The molecule has 282 valence electrons. The molecular formula is C56H32N4S. The fourth-order valence-electron chi connectivity index (χ4n) is 10.3. The van der Waals surface area contributed by atoms with Crippen molar-refractivity contribution in [2.24, 2.45) is 0 Å². The molecule has 0 aliphatic heterocycles. The third-order valence-electron chi connectivity index (χ3n) is 12.9. The zero-order valence-electron chi connectivity index (χ0n) is 32.7. The third kappa shape index (κ3) is 4.58. The Labute approximate surface area is 352 Å². The summed E-state index contributed by atoms with van der Waals surface area (Å²) in [6.45, 7) is 0. The summed E-state index contributed by atoms with van der Waals surface area (Å²) in [5.74, 6) is 0.655. The molecule has 0 amide bonds. The summed E-state index contributed by atoms with van der Waals surface area (Å²) in [7, 11) is 0. The first-order valence-corrected chi connectivity index (χ1v) is 21.6. The minimum atomic E-state index is 0.655. The second kappa shape index (κ2) is 12.3. The molecule has 0 N–H and O–H groups in total. The molecule has 0 saturated carbocycles. The summed E-state index contributed by atoms with van der Waals surface area (Å²) in [5.41, 5.74) is 8.55. The van der Waals surface area contributed by atoms with Crippen molar-refractivity contribution in [3.63, 3.8) is 0 Å². The number of para-hydroxylation sites is 3. The van der Waals surface area contributed by atoms with Gasteiger partial charge < -0.3 is 4.57 Å². The van der Waals surface area contributed by atoms with E-state index >= 15 is 0 Å². The van der Waals surface area contributed by atoms with Gasteiger partial charge >= 0.3 is 0 Å². The lowest BCUT2D eigenvalue weighted by Gasteiger charge is -2.16. The van der Waals surface area contributed by atoms with Gasteiger partial charge in [-0.25, -0.2) is 9.97 Å². The van der Waals surface area contributed by atoms with Gasteiger partial charge in [0.05, 0.1) is 33.3 Å². The van der Waals surface area contributed by atoms with Gasteiger partial charge in [0.25, 0.3) is 0 Å². The molecule has 0 radical (unpaired) electrons. The van der Waals surface area contributed by atoms with Gasteiger partial charge in [-0.05, 0) is 87.6 Å². The predicted octanol–water partition coefficient (Wildman–Crippen LogP) is 15.3. The maximum Gasteiger partial charge on any atom is 0.235 e. The molecule has 0 fully saturated rings. The van der Waals surface area contributed by atoms with Crippen LogP contribution in [0.4, 0.5) is 0 Å². The highest BCUT2D eigenvalue weighted by atomic mass is 32.1. The Balaban J connectivity index is 1.12. The number of nitrogens with zero attached hydrogens (tertiary/aromatic N) is 4. The van der Waals surface area contributed by atoms with Crippen molar-refractivity contribution < 1.29 is 0 Å². The first-order valence-electron chi connectivity index (χ1n) is 20.7. The summed E-state index contributed by atoms with van der Waals surface area (Å²) in [4.78, 5) is 11.4. The molecule has 4 heterocycles. The standard InChI is InChI=1S/C56H32N4S/c1-2-14-35(15-3-1)59-46-23-11-8-18-38(46)44-30-34(26-28-48(44)59)54-53-40-20-6-4-16-36(40)37-17-5-7-21-41(37)55(53)58-56(57-54)60-47-24-12-9-19-39(47)45-32-43-33(31-49(45)60)27-29-51-52(43)42-22-10-13-25-50(42)61-51/h1-32H. The van der Waals surface area contributed by atoms with E-state index in [4.69, 9.17) is 9.97 Å². The lowest BCUT2D eigenvalue weighted by atomic mass is 9.94. The number of thiophene rings is 1. The van der Waals surface area contributed by atoms with Crippen LogP contribution < -0.4 is 0 Å². The number of hydrogen-bond donors (Lipinski definition) is 0. The van der Waals surface area contributed by atoms with Crippen molar-refractivity contribution in [2.75, 3.05) is 0 Å². The molecule has 0 unspecified atom stereocenters. The van der Waals surface area contributed by atoms with E-state index < -0.39 is 0 Å². The van der Waals surface area contributed by atoms with Crippen molar-refractivity contribution in [2.45, 2.75) is 0 Å². The Kier molecular flexibility index (Phi) is 6.68. The maximum atomic E-state index is 5.73. The van der Waals surface area contributed by atoms with E-state index in [-0.39, 0.29) is 0 Å². The van der Waals surface area contributed by atoms with Crippen molar-refractivity contribution in [1.82, 2.24) is 19.1 Å². The molecule has 0 spiro atoms. The fourth-order valence-corrected chi connectivity index (χ4v) is 11.4. The minimum Gasteiger partial charge on any atom is -0.309 e. The molecule has 14 aromatic rings. The molecule has 0 saturated heterocycles. The van der Waals surface area contributed by atoms with Gasteiger partial charge in [0.1, 0.15) is 0 Å². The lowest BCUT2D eigenvalue weighted by Crippen LogP contribution is -2.04. The van der Waals surface area contributed by atoms with Crippen LogP contribution in [0.2, 0.25) is 0 Å². The quantitative estimate of drug-likeness (QED) is 0.167. The van der Waals surface area contributed by atoms with Crippen LogP contribution in [0, 0.1) is 0 Å². The highest BCUT2D eigenvalue weighted by molar-refractivity contribution is 7.26. The Morgan fingerprint density at radius 2 is 0.951 bits per heavy atom. The van der Waals surface area contributed by atoms with E-state index in [0.717, 1.165) is 55.2 Å². The third-order valence-corrected chi connectivity index (χ3v) is 14.0. The number of aromatic nitrogens is 4.